The number of allylic oxidation sites excluding steroid dienone is 1. The summed E-state index contributed by atoms with van der Waals surface area (Å²) in [4.78, 5) is 40.8. The minimum Gasteiger partial charge on any atom is -0.464 e. The number of aryl methyl sites for hydroxylation is 1. The molecule has 0 saturated carbocycles. The number of hydrogen-bond acceptors (Lipinski definition) is 6. The smallest absolute Gasteiger partial charge is 0.329 e. The molecule has 2 heterocycles. The first kappa shape index (κ1) is 22.2. The molecule has 0 aliphatic carbocycles. The fourth-order valence-corrected chi connectivity index (χ4v) is 4.70. The fraction of sp³-hybridized carbons (Fsp3) is 0.435. The maximum atomic E-state index is 12.9. The predicted molar refractivity (Wildman–Crippen MR) is 121 cm³/mol. The molecular weight excluding hydrogens is 400 g/mol. The first-order valence-electron chi connectivity index (χ1n) is 10.00. The summed E-state index contributed by atoms with van der Waals surface area (Å²) >= 11 is 0.853. The summed E-state index contributed by atoms with van der Waals surface area (Å²) in [7, 11) is 2.07. The number of amides is 2. The molecule has 0 aromatic heterocycles. The Morgan fingerprint density at radius 2 is 1.93 bits per heavy atom. The number of benzene rings is 1. The van der Waals surface area contributed by atoms with Gasteiger partial charge >= 0.3 is 5.97 Å². The number of thioether (sulfide) groups is 1. The Hall–Kier alpha value is -2.54. The second kappa shape index (κ2) is 7.95. The van der Waals surface area contributed by atoms with Crippen LogP contribution in [0.25, 0.3) is 11.6 Å². The summed E-state index contributed by atoms with van der Waals surface area (Å²) in [5.74, 6) is -1.05. The van der Waals surface area contributed by atoms with Gasteiger partial charge in [-0.3, -0.25) is 14.5 Å². The highest BCUT2D eigenvalue weighted by Crippen LogP contribution is 2.41. The lowest BCUT2D eigenvalue weighted by atomic mass is 9.87. The molecule has 3 rings (SSSR count). The van der Waals surface area contributed by atoms with Crippen molar-refractivity contribution in [2.24, 2.45) is 0 Å². The van der Waals surface area contributed by atoms with Gasteiger partial charge in [-0.15, -0.1) is 0 Å². The Labute approximate surface area is 181 Å². The number of carbonyl (C=O) groups excluding carboxylic acids is 3. The number of esters is 1. The van der Waals surface area contributed by atoms with Crippen LogP contribution >= 0.6 is 11.8 Å². The topological polar surface area (TPSA) is 66.9 Å². The average molecular weight is 429 g/mol. The second-order valence-electron chi connectivity index (χ2n) is 8.25. The van der Waals surface area contributed by atoms with Gasteiger partial charge in [0, 0.05) is 18.3 Å². The lowest BCUT2D eigenvalue weighted by Crippen LogP contribution is -2.42. The lowest BCUT2D eigenvalue weighted by Gasteiger charge is -2.41. The standard InChI is InChI=1S/C23H28N2O4S/c1-8-29-21(27)15(4)25-20(26)19(30-22(25)28)11-16-10-17-14(3)12-23(5,6)24(7)18(17)9-13(16)2/h9-12,15H,8H2,1-7H3/b19-11+/t15-/m1/s1. The van der Waals surface area contributed by atoms with Crippen LogP contribution in [-0.4, -0.2) is 47.3 Å². The van der Waals surface area contributed by atoms with Crippen LogP contribution in [-0.2, 0) is 14.3 Å². The number of imide groups is 1. The highest BCUT2D eigenvalue weighted by atomic mass is 32.2. The van der Waals surface area contributed by atoms with Crippen molar-refractivity contribution in [2.75, 3.05) is 18.6 Å². The molecular formula is C23H28N2O4S. The number of nitrogens with zero attached hydrogens (tertiary/aromatic N) is 2. The maximum Gasteiger partial charge on any atom is 0.329 e. The van der Waals surface area contributed by atoms with Gasteiger partial charge in [-0.2, -0.15) is 0 Å². The van der Waals surface area contributed by atoms with Gasteiger partial charge in [-0.25, -0.2) is 4.79 Å². The third kappa shape index (κ3) is 3.78. The Bertz CT molecular complexity index is 993. The lowest BCUT2D eigenvalue weighted by molar-refractivity contribution is -0.150. The van der Waals surface area contributed by atoms with Crippen LogP contribution in [0.1, 0.15) is 51.3 Å². The Morgan fingerprint density at radius 3 is 2.57 bits per heavy atom. The van der Waals surface area contributed by atoms with E-state index in [2.05, 4.69) is 50.9 Å². The zero-order chi connectivity index (χ0) is 22.4. The van der Waals surface area contributed by atoms with E-state index in [1.807, 2.05) is 6.92 Å². The van der Waals surface area contributed by atoms with Crippen LogP contribution < -0.4 is 4.90 Å². The number of hydrogen-bond donors (Lipinski definition) is 0. The van der Waals surface area contributed by atoms with Gasteiger partial charge in [0.15, 0.2) is 0 Å². The van der Waals surface area contributed by atoms with Crippen LogP contribution in [0.2, 0.25) is 0 Å². The zero-order valence-electron chi connectivity index (χ0n) is 18.5. The summed E-state index contributed by atoms with van der Waals surface area (Å²) in [5.41, 5.74) is 5.22. The highest BCUT2D eigenvalue weighted by molar-refractivity contribution is 8.18. The molecule has 1 aromatic carbocycles. The molecule has 1 aromatic rings. The zero-order valence-corrected chi connectivity index (χ0v) is 19.3. The van der Waals surface area contributed by atoms with Crippen molar-refractivity contribution < 1.29 is 19.1 Å². The quantitative estimate of drug-likeness (QED) is 0.515. The molecule has 0 spiro atoms. The number of anilines is 1. The average Bonchev–Trinajstić information content (AvgIpc) is 2.93. The normalized spacial score (nSPS) is 20.4. The van der Waals surface area contributed by atoms with Gasteiger partial charge in [0.1, 0.15) is 6.04 Å². The van der Waals surface area contributed by atoms with Gasteiger partial charge in [-0.05, 0) is 88.2 Å². The van der Waals surface area contributed by atoms with Crippen molar-refractivity contribution in [3.8, 4) is 0 Å². The monoisotopic (exact) mass is 428 g/mol. The van der Waals surface area contributed by atoms with E-state index in [-0.39, 0.29) is 12.1 Å². The summed E-state index contributed by atoms with van der Waals surface area (Å²) in [6, 6.07) is 3.23. The van der Waals surface area contributed by atoms with Gasteiger partial charge in [0.25, 0.3) is 11.1 Å². The van der Waals surface area contributed by atoms with E-state index in [1.54, 1.807) is 13.0 Å². The van der Waals surface area contributed by atoms with E-state index in [1.165, 1.54) is 12.5 Å². The van der Waals surface area contributed by atoms with Crippen molar-refractivity contribution >= 4 is 46.2 Å². The van der Waals surface area contributed by atoms with E-state index in [0.717, 1.165) is 39.0 Å². The van der Waals surface area contributed by atoms with Crippen molar-refractivity contribution in [1.82, 2.24) is 4.90 Å². The number of carbonyl (C=O) groups is 3. The van der Waals surface area contributed by atoms with Crippen molar-refractivity contribution in [2.45, 2.75) is 53.1 Å². The Morgan fingerprint density at radius 1 is 1.27 bits per heavy atom. The minimum atomic E-state index is -0.950. The fourth-order valence-electron chi connectivity index (χ4n) is 3.80. The van der Waals surface area contributed by atoms with Gasteiger partial charge in [-0.1, -0.05) is 6.08 Å². The number of fused-ring (bicyclic) bond motifs is 1. The highest BCUT2D eigenvalue weighted by Gasteiger charge is 2.41. The van der Waals surface area contributed by atoms with Crippen LogP contribution in [0, 0.1) is 6.92 Å². The molecule has 2 aliphatic rings. The van der Waals surface area contributed by atoms with Crippen LogP contribution in [0.5, 0.6) is 0 Å². The van der Waals surface area contributed by atoms with Crippen LogP contribution in [0.3, 0.4) is 0 Å². The van der Waals surface area contributed by atoms with Gasteiger partial charge in [0.2, 0.25) is 0 Å². The molecule has 1 saturated heterocycles. The second-order valence-corrected chi connectivity index (χ2v) is 9.24. The van der Waals surface area contributed by atoms with Gasteiger partial charge in [0.05, 0.1) is 17.1 Å². The van der Waals surface area contributed by atoms with Crippen molar-refractivity contribution in [3.05, 3.63) is 39.8 Å². The van der Waals surface area contributed by atoms with E-state index in [9.17, 15) is 14.4 Å². The summed E-state index contributed by atoms with van der Waals surface area (Å²) < 4.78 is 4.96. The van der Waals surface area contributed by atoms with Crippen LogP contribution in [0.15, 0.2) is 23.1 Å². The maximum absolute atomic E-state index is 12.9. The summed E-state index contributed by atoms with van der Waals surface area (Å²) in [5, 5.41) is -0.458. The van der Waals surface area contributed by atoms with Crippen LogP contribution in [0.4, 0.5) is 10.5 Å². The van der Waals surface area contributed by atoms with Crippen molar-refractivity contribution in [1.29, 1.82) is 0 Å². The largest absolute Gasteiger partial charge is 0.464 e. The molecule has 0 radical (unpaired) electrons. The number of rotatable bonds is 4. The number of likely N-dealkylation sites (N-methyl/N-ethyl adjacent to an activating group) is 1. The van der Waals surface area contributed by atoms with E-state index in [4.69, 9.17) is 4.74 Å². The van der Waals surface area contributed by atoms with E-state index in [0.29, 0.717) is 4.91 Å². The molecule has 0 N–H and O–H groups in total. The molecule has 1 atom stereocenters. The molecule has 7 heteroatoms. The van der Waals surface area contributed by atoms with Crippen molar-refractivity contribution in [3.63, 3.8) is 0 Å². The molecule has 6 nitrogen and oxygen atoms in total. The van der Waals surface area contributed by atoms with E-state index >= 15 is 0 Å². The first-order valence-corrected chi connectivity index (χ1v) is 10.8. The molecule has 2 aliphatic heterocycles. The molecule has 0 bridgehead atoms. The SMILES string of the molecule is CCOC(=O)[C@@H](C)N1C(=O)S/C(=C/c2cc3c(cc2C)N(C)C(C)(C)C=C3C)C1=O. The summed E-state index contributed by atoms with van der Waals surface area (Å²) in [6.07, 6.45) is 3.97. The molecule has 0 unspecified atom stereocenters. The minimum absolute atomic E-state index is 0.0864. The molecule has 30 heavy (non-hydrogen) atoms. The predicted octanol–water partition coefficient (Wildman–Crippen LogP) is 4.61. The summed E-state index contributed by atoms with van der Waals surface area (Å²) in [6.45, 7) is 11.8. The Kier molecular flexibility index (Phi) is 5.87. The third-order valence-corrected chi connectivity index (χ3v) is 6.61. The van der Waals surface area contributed by atoms with Gasteiger partial charge < -0.3 is 9.64 Å². The first-order chi connectivity index (χ1) is 14.0. The number of ether oxygens (including phenoxy) is 1. The Balaban J connectivity index is 1.97. The van der Waals surface area contributed by atoms with E-state index < -0.39 is 23.2 Å². The molecule has 2 amide bonds. The molecule has 1 fully saturated rings. The molecule has 160 valence electrons. The third-order valence-electron chi connectivity index (χ3n) is 5.73.